The van der Waals surface area contributed by atoms with Crippen molar-refractivity contribution in [3.05, 3.63) is 20.8 Å². The van der Waals surface area contributed by atoms with E-state index in [1.54, 1.807) is 14.1 Å². The Morgan fingerprint density at radius 3 is 2.56 bits per heavy atom. The highest BCUT2D eigenvalue weighted by atomic mass is 16.2. The van der Waals surface area contributed by atoms with Crippen LogP contribution in [0.2, 0.25) is 0 Å². The number of hydrogen-bond donors (Lipinski definition) is 1. The van der Waals surface area contributed by atoms with Crippen molar-refractivity contribution in [3.63, 3.8) is 0 Å². The molecule has 5 heterocycles. The lowest BCUT2D eigenvalue weighted by molar-refractivity contribution is -0.00311. The molecule has 3 aliphatic heterocycles. The molecule has 0 radical (unpaired) electrons. The molecule has 2 aromatic heterocycles. The molecule has 146 valence electrons. The van der Waals surface area contributed by atoms with Crippen molar-refractivity contribution in [2.75, 3.05) is 24.5 Å². The molecule has 1 N–H and O–H groups in total. The first-order chi connectivity index (χ1) is 13.1. The largest absolute Gasteiger partial charge is 0.342 e. The van der Waals surface area contributed by atoms with Crippen molar-refractivity contribution < 1.29 is 0 Å². The number of nitrogens with one attached hydrogen (secondary N) is 1. The number of anilines is 1. The zero-order chi connectivity index (χ0) is 18.7. The van der Waals surface area contributed by atoms with Crippen molar-refractivity contribution in [2.24, 2.45) is 14.1 Å². The average Bonchev–Trinajstić information content (AvgIpc) is 3.24. The van der Waals surface area contributed by atoms with Gasteiger partial charge in [-0.3, -0.25) is 13.9 Å². The summed E-state index contributed by atoms with van der Waals surface area (Å²) in [5.41, 5.74) is 3.97. The van der Waals surface area contributed by atoms with Gasteiger partial charge < -0.3 is 9.47 Å². The van der Waals surface area contributed by atoms with E-state index in [2.05, 4.69) is 19.9 Å². The van der Waals surface area contributed by atoms with Crippen LogP contribution in [-0.4, -0.2) is 55.4 Å². The molecule has 0 aromatic carbocycles. The second-order valence-corrected chi connectivity index (χ2v) is 8.09. The maximum absolute atomic E-state index is 13.0. The average molecular weight is 373 g/mol. The van der Waals surface area contributed by atoms with Gasteiger partial charge in [-0.05, 0) is 32.1 Å². The molecule has 0 saturated carbocycles. The summed E-state index contributed by atoms with van der Waals surface area (Å²) in [6.45, 7) is 3.70. The standard InChI is InChI=1S/C18H27N7O2/c1-21-15-14(16(26)22(2)18(21)27)24(11-12-13-7-6-10-25(13)20-12)17(19-15)23-8-4-3-5-9-23/h12-13,20H,3-11H2,1-2H3. The molecule has 27 heavy (non-hydrogen) atoms. The molecular formula is C18H27N7O2. The quantitative estimate of drug-likeness (QED) is 0.801. The van der Waals surface area contributed by atoms with E-state index in [1.807, 2.05) is 0 Å². The number of aromatic nitrogens is 4. The molecule has 2 atom stereocenters. The van der Waals surface area contributed by atoms with Gasteiger partial charge in [0, 0.05) is 46.3 Å². The summed E-state index contributed by atoms with van der Waals surface area (Å²) in [5, 5.41) is 2.30. The van der Waals surface area contributed by atoms with Crippen LogP contribution in [0.25, 0.3) is 11.2 Å². The Hall–Kier alpha value is -2.13. The fraction of sp³-hybridized carbons (Fsp3) is 0.722. The van der Waals surface area contributed by atoms with Crippen LogP contribution in [0.1, 0.15) is 32.1 Å². The normalized spacial score (nSPS) is 25.8. The van der Waals surface area contributed by atoms with Crippen molar-refractivity contribution in [1.29, 1.82) is 0 Å². The van der Waals surface area contributed by atoms with E-state index in [-0.39, 0.29) is 11.2 Å². The summed E-state index contributed by atoms with van der Waals surface area (Å²) >= 11 is 0. The summed E-state index contributed by atoms with van der Waals surface area (Å²) < 4.78 is 4.75. The van der Waals surface area contributed by atoms with Gasteiger partial charge in [-0.15, -0.1) is 0 Å². The SMILES string of the molecule is Cn1c(=O)c2c(nc(N3CCCCC3)n2CC2NN3CCCC23)n(C)c1=O. The van der Waals surface area contributed by atoms with Crippen molar-refractivity contribution in [2.45, 2.75) is 50.7 Å². The monoisotopic (exact) mass is 373 g/mol. The fourth-order valence-corrected chi connectivity index (χ4v) is 4.89. The zero-order valence-corrected chi connectivity index (χ0v) is 16.0. The molecule has 9 heteroatoms. The van der Waals surface area contributed by atoms with E-state index >= 15 is 0 Å². The molecule has 2 unspecified atom stereocenters. The molecule has 0 aliphatic carbocycles. The minimum Gasteiger partial charge on any atom is -0.342 e. The van der Waals surface area contributed by atoms with Crippen molar-refractivity contribution in [1.82, 2.24) is 29.1 Å². The van der Waals surface area contributed by atoms with Crippen LogP contribution >= 0.6 is 0 Å². The molecular weight excluding hydrogens is 346 g/mol. The van der Waals surface area contributed by atoms with Gasteiger partial charge in [-0.25, -0.2) is 15.2 Å². The van der Waals surface area contributed by atoms with Crippen LogP contribution in [0.3, 0.4) is 0 Å². The molecule has 0 spiro atoms. The van der Waals surface area contributed by atoms with Crippen LogP contribution < -0.4 is 21.6 Å². The Bertz CT molecular complexity index is 998. The van der Waals surface area contributed by atoms with Gasteiger partial charge in [0.15, 0.2) is 11.2 Å². The van der Waals surface area contributed by atoms with E-state index in [4.69, 9.17) is 4.98 Å². The van der Waals surface area contributed by atoms with E-state index in [9.17, 15) is 9.59 Å². The first-order valence-electron chi connectivity index (χ1n) is 10.0. The number of fused-ring (bicyclic) bond motifs is 2. The molecule has 0 bridgehead atoms. The lowest BCUT2D eigenvalue weighted by Crippen LogP contribution is -2.67. The molecule has 3 saturated heterocycles. The second-order valence-electron chi connectivity index (χ2n) is 8.09. The van der Waals surface area contributed by atoms with Crippen LogP contribution in [0.4, 0.5) is 5.95 Å². The summed E-state index contributed by atoms with van der Waals surface area (Å²) in [4.78, 5) is 32.4. The highest BCUT2D eigenvalue weighted by Gasteiger charge is 2.42. The minimum absolute atomic E-state index is 0.258. The number of hydrazine groups is 1. The lowest BCUT2D eigenvalue weighted by Gasteiger charge is -2.45. The molecule has 5 rings (SSSR count). The summed E-state index contributed by atoms with van der Waals surface area (Å²) in [5.74, 6) is 0.834. The van der Waals surface area contributed by atoms with Gasteiger partial charge in [0.1, 0.15) is 0 Å². The third-order valence-corrected chi connectivity index (χ3v) is 6.44. The van der Waals surface area contributed by atoms with Gasteiger partial charge >= 0.3 is 5.69 Å². The van der Waals surface area contributed by atoms with Crippen LogP contribution in [0, 0.1) is 0 Å². The maximum Gasteiger partial charge on any atom is 0.332 e. The van der Waals surface area contributed by atoms with Crippen LogP contribution in [0.15, 0.2) is 9.59 Å². The summed E-state index contributed by atoms with van der Waals surface area (Å²) in [6, 6.07) is 0.850. The minimum atomic E-state index is -0.328. The van der Waals surface area contributed by atoms with Gasteiger partial charge in [0.05, 0.1) is 6.04 Å². The fourth-order valence-electron chi connectivity index (χ4n) is 4.89. The summed E-state index contributed by atoms with van der Waals surface area (Å²) in [6.07, 6.45) is 5.92. The number of rotatable bonds is 3. The highest BCUT2D eigenvalue weighted by molar-refractivity contribution is 5.74. The third kappa shape index (κ3) is 2.48. The topological polar surface area (TPSA) is 80.3 Å². The van der Waals surface area contributed by atoms with Crippen LogP contribution in [0.5, 0.6) is 0 Å². The maximum atomic E-state index is 13.0. The number of imidazole rings is 1. The van der Waals surface area contributed by atoms with E-state index in [0.29, 0.717) is 29.8 Å². The van der Waals surface area contributed by atoms with Gasteiger partial charge in [-0.2, -0.15) is 4.98 Å². The van der Waals surface area contributed by atoms with E-state index in [1.165, 1.54) is 28.4 Å². The third-order valence-electron chi connectivity index (χ3n) is 6.44. The zero-order valence-electron chi connectivity index (χ0n) is 16.0. The van der Waals surface area contributed by atoms with Gasteiger partial charge in [0.25, 0.3) is 5.56 Å². The predicted molar refractivity (Wildman–Crippen MR) is 103 cm³/mol. The molecule has 9 nitrogen and oxygen atoms in total. The number of aryl methyl sites for hydroxylation is 1. The first kappa shape index (κ1) is 17.0. The van der Waals surface area contributed by atoms with Gasteiger partial charge in [0.2, 0.25) is 5.95 Å². The van der Waals surface area contributed by atoms with E-state index in [0.717, 1.165) is 38.4 Å². The van der Waals surface area contributed by atoms with Crippen molar-refractivity contribution in [3.8, 4) is 0 Å². The van der Waals surface area contributed by atoms with Crippen LogP contribution in [-0.2, 0) is 20.6 Å². The predicted octanol–water partition coefficient (Wildman–Crippen LogP) is -0.225. The number of nitrogens with zero attached hydrogens (tertiary/aromatic N) is 6. The Labute approximate surface area is 157 Å². The van der Waals surface area contributed by atoms with E-state index < -0.39 is 0 Å². The number of piperidine rings is 1. The Morgan fingerprint density at radius 2 is 1.81 bits per heavy atom. The lowest BCUT2D eigenvalue weighted by atomic mass is 10.0. The molecule has 2 aromatic rings. The molecule has 3 aliphatic rings. The number of hydrogen-bond acceptors (Lipinski definition) is 6. The molecule has 3 fully saturated rings. The molecule has 0 amide bonds. The smallest absolute Gasteiger partial charge is 0.332 e. The summed E-state index contributed by atoms with van der Waals surface area (Å²) in [7, 11) is 3.24. The Morgan fingerprint density at radius 1 is 1.04 bits per heavy atom. The second kappa shape index (κ2) is 6.20. The first-order valence-corrected chi connectivity index (χ1v) is 10.0. The Kier molecular flexibility index (Phi) is 3.90. The Balaban J connectivity index is 1.65. The van der Waals surface area contributed by atoms with Gasteiger partial charge in [-0.1, -0.05) is 0 Å². The highest BCUT2D eigenvalue weighted by Crippen LogP contribution is 2.30. The van der Waals surface area contributed by atoms with Crippen molar-refractivity contribution >= 4 is 17.1 Å².